The fourth-order valence-corrected chi connectivity index (χ4v) is 2.11. The van der Waals surface area contributed by atoms with E-state index in [1.165, 1.54) is 10.9 Å². The Hall–Kier alpha value is -1.77. The molecule has 0 bridgehead atoms. The van der Waals surface area contributed by atoms with Crippen molar-refractivity contribution < 1.29 is 4.79 Å². The average molecular weight is 228 g/mol. The van der Waals surface area contributed by atoms with E-state index in [1.54, 1.807) is 0 Å². The van der Waals surface area contributed by atoms with Gasteiger partial charge in [-0.15, -0.1) is 0 Å². The third kappa shape index (κ3) is 2.18. The van der Waals surface area contributed by atoms with Crippen molar-refractivity contribution in [3.05, 3.63) is 36.0 Å². The van der Waals surface area contributed by atoms with Crippen LogP contribution in [-0.2, 0) is 11.3 Å². The fraction of sp³-hybridized carbons (Fsp3) is 0.357. The Morgan fingerprint density at radius 1 is 1.41 bits per heavy atom. The number of carbonyl (C=O) groups excluding carboxylic acids is 1. The summed E-state index contributed by atoms with van der Waals surface area (Å²) in [6, 6.07) is 8.80. The van der Waals surface area contributed by atoms with E-state index in [0.717, 1.165) is 18.4 Å². The lowest BCUT2D eigenvalue weighted by Crippen LogP contribution is -2.28. The Balaban J connectivity index is 1.82. The minimum atomic E-state index is 0.116. The minimum absolute atomic E-state index is 0.116. The van der Waals surface area contributed by atoms with Crippen molar-refractivity contribution in [1.82, 2.24) is 9.88 Å². The van der Waals surface area contributed by atoms with Gasteiger partial charge < -0.3 is 9.88 Å². The molecule has 3 heteroatoms. The monoisotopic (exact) mass is 228 g/mol. The summed E-state index contributed by atoms with van der Waals surface area (Å²) >= 11 is 0. The van der Waals surface area contributed by atoms with Crippen molar-refractivity contribution in [2.45, 2.75) is 32.4 Å². The number of benzene rings is 1. The van der Waals surface area contributed by atoms with E-state index in [2.05, 4.69) is 36.5 Å². The van der Waals surface area contributed by atoms with Crippen molar-refractivity contribution in [2.75, 3.05) is 0 Å². The number of hydrogen-bond acceptors (Lipinski definition) is 1. The van der Waals surface area contributed by atoms with E-state index >= 15 is 0 Å². The molecule has 0 unspecified atom stereocenters. The summed E-state index contributed by atoms with van der Waals surface area (Å²) in [5, 5.41) is 4.21. The van der Waals surface area contributed by atoms with Crippen molar-refractivity contribution in [3.63, 3.8) is 0 Å². The minimum Gasteiger partial charge on any atom is -0.352 e. The number of amides is 1. The Morgan fingerprint density at radius 3 is 3.00 bits per heavy atom. The zero-order chi connectivity index (χ0) is 11.8. The number of fused-ring (bicyclic) bond motifs is 1. The summed E-state index contributed by atoms with van der Waals surface area (Å²) in [5.74, 6) is 0.116. The van der Waals surface area contributed by atoms with Crippen LogP contribution in [0.25, 0.3) is 10.9 Å². The second-order valence-corrected chi connectivity index (χ2v) is 4.85. The van der Waals surface area contributed by atoms with Gasteiger partial charge in [0.2, 0.25) is 5.91 Å². The van der Waals surface area contributed by atoms with Gasteiger partial charge in [-0.3, -0.25) is 4.79 Å². The number of rotatable bonds is 3. The molecule has 1 aliphatic rings. The van der Waals surface area contributed by atoms with E-state index in [-0.39, 0.29) is 5.91 Å². The molecule has 1 heterocycles. The van der Waals surface area contributed by atoms with Crippen molar-refractivity contribution in [2.24, 2.45) is 0 Å². The molecule has 0 aliphatic heterocycles. The first-order valence-electron chi connectivity index (χ1n) is 6.07. The lowest BCUT2D eigenvalue weighted by atomic mass is 10.2. The Bertz CT molecular complexity index is 567. The highest BCUT2D eigenvalue weighted by Crippen LogP contribution is 2.19. The molecular weight excluding hydrogens is 212 g/mol. The van der Waals surface area contributed by atoms with Crippen molar-refractivity contribution in [3.8, 4) is 0 Å². The van der Waals surface area contributed by atoms with Gasteiger partial charge >= 0.3 is 0 Å². The highest BCUT2D eigenvalue weighted by Gasteiger charge is 2.23. The first kappa shape index (κ1) is 10.4. The maximum atomic E-state index is 11.7. The number of carbonyl (C=O) groups is 1. The van der Waals surface area contributed by atoms with Crippen LogP contribution in [0.2, 0.25) is 0 Å². The SMILES string of the molecule is Cc1ccc2c(ccn2CC(=O)NC2CC2)c1. The highest BCUT2D eigenvalue weighted by molar-refractivity contribution is 5.84. The van der Waals surface area contributed by atoms with Crippen LogP contribution in [0.4, 0.5) is 0 Å². The van der Waals surface area contributed by atoms with E-state index < -0.39 is 0 Å². The standard InChI is InChI=1S/C14H16N2O/c1-10-2-5-13-11(8-10)6-7-16(13)9-14(17)15-12-3-4-12/h2,5-8,12H,3-4,9H2,1H3,(H,15,17). The Labute approximate surface area is 100 Å². The number of aryl methyl sites for hydroxylation is 1. The molecule has 3 nitrogen and oxygen atoms in total. The molecular formula is C14H16N2O. The van der Waals surface area contributed by atoms with Crippen LogP contribution in [0.3, 0.4) is 0 Å². The molecule has 1 aromatic carbocycles. The first-order chi connectivity index (χ1) is 8.22. The van der Waals surface area contributed by atoms with Crippen LogP contribution in [0, 0.1) is 6.92 Å². The zero-order valence-corrected chi connectivity index (χ0v) is 9.94. The largest absolute Gasteiger partial charge is 0.352 e. The molecule has 1 aliphatic carbocycles. The number of hydrogen-bond donors (Lipinski definition) is 1. The molecule has 0 saturated heterocycles. The summed E-state index contributed by atoms with van der Waals surface area (Å²) in [6.45, 7) is 2.50. The highest BCUT2D eigenvalue weighted by atomic mass is 16.2. The maximum absolute atomic E-state index is 11.7. The molecule has 1 fully saturated rings. The van der Waals surface area contributed by atoms with Gasteiger partial charge in [-0.05, 0) is 43.4 Å². The van der Waals surface area contributed by atoms with Gasteiger partial charge in [0.05, 0.1) is 0 Å². The molecule has 0 radical (unpaired) electrons. The molecule has 1 aromatic heterocycles. The molecule has 17 heavy (non-hydrogen) atoms. The normalized spacial score (nSPS) is 15.1. The van der Waals surface area contributed by atoms with Crippen LogP contribution in [0.1, 0.15) is 18.4 Å². The second-order valence-electron chi connectivity index (χ2n) is 4.85. The van der Waals surface area contributed by atoms with Crippen LogP contribution >= 0.6 is 0 Å². The van der Waals surface area contributed by atoms with Gasteiger partial charge in [-0.1, -0.05) is 11.6 Å². The summed E-state index contributed by atoms with van der Waals surface area (Å²) in [4.78, 5) is 11.7. The van der Waals surface area contributed by atoms with Gasteiger partial charge in [-0.25, -0.2) is 0 Å². The Morgan fingerprint density at radius 2 is 2.24 bits per heavy atom. The predicted octanol–water partition coefficient (Wildman–Crippen LogP) is 2.23. The topological polar surface area (TPSA) is 34.0 Å². The van der Waals surface area contributed by atoms with Crippen LogP contribution in [0.5, 0.6) is 0 Å². The van der Waals surface area contributed by atoms with Gasteiger partial charge in [0.15, 0.2) is 0 Å². The van der Waals surface area contributed by atoms with E-state index in [4.69, 9.17) is 0 Å². The third-order valence-electron chi connectivity index (χ3n) is 3.18. The molecule has 0 spiro atoms. The zero-order valence-electron chi connectivity index (χ0n) is 9.94. The molecule has 1 amide bonds. The summed E-state index contributed by atoms with van der Waals surface area (Å²) in [7, 11) is 0. The van der Waals surface area contributed by atoms with Gasteiger partial charge in [0.25, 0.3) is 0 Å². The van der Waals surface area contributed by atoms with Crippen LogP contribution in [0.15, 0.2) is 30.5 Å². The lowest BCUT2D eigenvalue weighted by Gasteiger charge is -2.06. The summed E-state index contributed by atoms with van der Waals surface area (Å²) in [5.41, 5.74) is 2.37. The molecule has 88 valence electrons. The molecule has 0 atom stereocenters. The summed E-state index contributed by atoms with van der Waals surface area (Å²) < 4.78 is 2.01. The van der Waals surface area contributed by atoms with E-state index in [1.807, 2.05) is 10.8 Å². The van der Waals surface area contributed by atoms with Crippen molar-refractivity contribution >= 4 is 16.8 Å². The summed E-state index contributed by atoms with van der Waals surface area (Å²) in [6.07, 6.45) is 4.26. The molecule has 2 aromatic rings. The molecule has 1 saturated carbocycles. The van der Waals surface area contributed by atoms with Crippen LogP contribution < -0.4 is 5.32 Å². The first-order valence-corrected chi connectivity index (χ1v) is 6.07. The molecule has 3 rings (SSSR count). The number of aromatic nitrogens is 1. The molecule has 1 N–H and O–H groups in total. The van der Waals surface area contributed by atoms with E-state index in [9.17, 15) is 4.79 Å². The smallest absolute Gasteiger partial charge is 0.240 e. The van der Waals surface area contributed by atoms with Gasteiger partial charge in [0.1, 0.15) is 6.54 Å². The third-order valence-corrected chi connectivity index (χ3v) is 3.18. The Kier molecular flexibility index (Phi) is 2.39. The number of nitrogens with zero attached hydrogens (tertiary/aromatic N) is 1. The lowest BCUT2D eigenvalue weighted by molar-refractivity contribution is -0.121. The quantitative estimate of drug-likeness (QED) is 0.858. The second kappa shape index (κ2) is 3.91. The fourth-order valence-electron chi connectivity index (χ4n) is 2.11. The number of nitrogens with one attached hydrogen (secondary N) is 1. The van der Waals surface area contributed by atoms with Crippen molar-refractivity contribution in [1.29, 1.82) is 0 Å². The predicted molar refractivity (Wildman–Crippen MR) is 67.8 cm³/mol. The van der Waals surface area contributed by atoms with Gasteiger partial charge in [-0.2, -0.15) is 0 Å². The van der Waals surface area contributed by atoms with Gasteiger partial charge in [0, 0.05) is 17.8 Å². The maximum Gasteiger partial charge on any atom is 0.240 e. The average Bonchev–Trinajstić information content (AvgIpc) is 3.01. The van der Waals surface area contributed by atoms with Crippen LogP contribution in [-0.4, -0.2) is 16.5 Å². The van der Waals surface area contributed by atoms with E-state index in [0.29, 0.717) is 12.6 Å².